The highest BCUT2D eigenvalue weighted by molar-refractivity contribution is 8.18. The van der Waals surface area contributed by atoms with Crippen molar-refractivity contribution in [3.63, 3.8) is 0 Å². The molecular weight excluding hydrogens is 472 g/mol. The van der Waals surface area contributed by atoms with Gasteiger partial charge in [-0.2, -0.15) is 4.99 Å². The predicted octanol–water partition coefficient (Wildman–Crippen LogP) is 6.05. The molecule has 3 aromatic rings. The van der Waals surface area contributed by atoms with Crippen LogP contribution in [0.4, 0.5) is 0 Å². The van der Waals surface area contributed by atoms with Crippen molar-refractivity contribution in [2.75, 3.05) is 19.7 Å². The third kappa shape index (κ3) is 5.62. The van der Waals surface area contributed by atoms with E-state index in [1.165, 1.54) is 17.3 Å². The third-order valence-corrected chi connectivity index (χ3v) is 7.49. The number of likely N-dealkylation sites (tertiary alicyclic amines) is 1. The fraction of sp³-hybridized carbons (Fsp3) is 0.276. The van der Waals surface area contributed by atoms with Crippen LogP contribution in [0.1, 0.15) is 41.4 Å². The molecule has 0 radical (unpaired) electrons. The number of hydrogen-bond acceptors (Lipinski definition) is 6. The van der Waals surface area contributed by atoms with Gasteiger partial charge in [0.1, 0.15) is 11.5 Å². The number of piperidine rings is 1. The highest BCUT2D eigenvalue weighted by Gasteiger charge is 2.29. The molecule has 1 amide bonds. The Morgan fingerprint density at radius 2 is 1.83 bits per heavy atom. The number of amides is 1. The highest BCUT2D eigenvalue weighted by atomic mass is 32.2. The minimum Gasteiger partial charge on any atom is -0.462 e. The van der Waals surface area contributed by atoms with Crippen LogP contribution >= 0.6 is 11.8 Å². The number of carbonyl (C=O) groups is 2. The number of benzene rings is 2. The van der Waals surface area contributed by atoms with E-state index in [-0.39, 0.29) is 11.9 Å². The van der Waals surface area contributed by atoms with Gasteiger partial charge in [-0.1, -0.05) is 42.5 Å². The van der Waals surface area contributed by atoms with E-state index in [1.54, 1.807) is 25.1 Å². The number of esters is 1. The lowest BCUT2D eigenvalue weighted by molar-refractivity contribution is -0.113. The second-order valence-electron chi connectivity index (χ2n) is 8.93. The highest BCUT2D eigenvalue weighted by Crippen LogP contribution is 2.34. The maximum absolute atomic E-state index is 12.6. The molecule has 0 N–H and O–H groups in total. The lowest BCUT2D eigenvalue weighted by atomic mass is 9.90. The van der Waals surface area contributed by atoms with E-state index in [9.17, 15) is 9.59 Å². The van der Waals surface area contributed by atoms with Gasteiger partial charge in [-0.05, 0) is 73.7 Å². The van der Waals surface area contributed by atoms with Gasteiger partial charge in [-0.3, -0.25) is 4.79 Å². The van der Waals surface area contributed by atoms with E-state index in [0.29, 0.717) is 34.5 Å². The average Bonchev–Trinajstić information content (AvgIpc) is 3.52. The van der Waals surface area contributed by atoms with Crippen LogP contribution in [0.3, 0.4) is 0 Å². The zero-order chi connectivity index (χ0) is 24.9. The van der Waals surface area contributed by atoms with Gasteiger partial charge in [-0.15, -0.1) is 0 Å². The molecule has 2 aliphatic rings. The number of amidine groups is 1. The Bertz CT molecular complexity index is 1290. The molecule has 0 bridgehead atoms. The maximum Gasteiger partial charge on any atom is 0.338 e. The number of hydrogen-bond donors (Lipinski definition) is 0. The fourth-order valence-electron chi connectivity index (χ4n) is 4.51. The van der Waals surface area contributed by atoms with Crippen molar-refractivity contribution in [2.45, 2.75) is 26.2 Å². The quantitative estimate of drug-likeness (QED) is 0.303. The minimum absolute atomic E-state index is 0.224. The lowest BCUT2D eigenvalue weighted by Crippen LogP contribution is -2.37. The molecule has 0 atom stereocenters. The summed E-state index contributed by atoms with van der Waals surface area (Å²) in [6.07, 6.45) is 5.04. The summed E-state index contributed by atoms with van der Waals surface area (Å²) in [6.45, 7) is 3.94. The molecule has 1 fully saturated rings. The van der Waals surface area contributed by atoms with E-state index in [4.69, 9.17) is 9.15 Å². The predicted molar refractivity (Wildman–Crippen MR) is 143 cm³/mol. The van der Waals surface area contributed by atoms with Crippen LogP contribution in [0.5, 0.6) is 0 Å². The van der Waals surface area contributed by atoms with Crippen LogP contribution in [-0.4, -0.2) is 41.6 Å². The number of aliphatic imine (C=N–C) groups is 1. The van der Waals surface area contributed by atoms with Gasteiger partial charge in [0.2, 0.25) is 0 Å². The molecule has 0 unspecified atom stereocenters. The lowest BCUT2D eigenvalue weighted by Gasteiger charge is -2.32. The Balaban J connectivity index is 1.18. The van der Waals surface area contributed by atoms with Gasteiger partial charge in [0.05, 0.1) is 17.1 Å². The van der Waals surface area contributed by atoms with Crippen molar-refractivity contribution in [1.29, 1.82) is 0 Å². The first-order valence-corrected chi connectivity index (χ1v) is 13.1. The molecule has 1 aromatic heterocycles. The minimum atomic E-state index is -0.345. The largest absolute Gasteiger partial charge is 0.462 e. The average molecular weight is 501 g/mol. The summed E-state index contributed by atoms with van der Waals surface area (Å²) >= 11 is 1.42. The standard InChI is InChI=1S/C29H28N2O4S/c1-2-34-28(33)23-10-8-22(9-11-23)25-13-12-24(35-25)19-26-27(32)30-29(36-26)31-16-14-21(15-17-31)18-20-6-4-3-5-7-20/h3-13,19,21H,2,14-18H2,1H3/b26-19-. The van der Waals surface area contributed by atoms with E-state index < -0.39 is 0 Å². The molecule has 2 aliphatic heterocycles. The van der Waals surface area contributed by atoms with Crippen LogP contribution in [0.15, 0.2) is 81.0 Å². The van der Waals surface area contributed by atoms with E-state index in [2.05, 4.69) is 40.2 Å². The summed E-state index contributed by atoms with van der Waals surface area (Å²) in [6, 6.07) is 21.4. The number of carbonyl (C=O) groups excluding carboxylic acids is 2. The molecular formula is C29H28N2O4S. The van der Waals surface area contributed by atoms with Crippen molar-refractivity contribution in [2.24, 2.45) is 10.9 Å². The van der Waals surface area contributed by atoms with Crippen molar-refractivity contribution in [3.8, 4) is 11.3 Å². The van der Waals surface area contributed by atoms with Crippen molar-refractivity contribution < 1.29 is 18.7 Å². The number of ether oxygens (including phenoxy) is 1. The number of thioether (sulfide) groups is 1. The molecule has 0 aliphatic carbocycles. The second-order valence-corrected chi connectivity index (χ2v) is 9.94. The maximum atomic E-state index is 12.6. The third-order valence-electron chi connectivity index (χ3n) is 6.44. The molecule has 1 saturated heterocycles. The molecule has 36 heavy (non-hydrogen) atoms. The molecule has 184 valence electrons. The molecule has 2 aromatic carbocycles. The summed E-state index contributed by atoms with van der Waals surface area (Å²) in [5.74, 6) is 1.34. The summed E-state index contributed by atoms with van der Waals surface area (Å²) < 4.78 is 11.0. The van der Waals surface area contributed by atoms with Crippen LogP contribution in [0, 0.1) is 5.92 Å². The zero-order valence-electron chi connectivity index (χ0n) is 20.2. The van der Waals surface area contributed by atoms with Crippen molar-refractivity contribution in [1.82, 2.24) is 4.90 Å². The molecule has 6 nitrogen and oxygen atoms in total. The molecule has 7 heteroatoms. The summed E-state index contributed by atoms with van der Waals surface area (Å²) in [5, 5.41) is 0.783. The zero-order valence-corrected chi connectivity index (χ0v) is 21.0. The van der Waals surface area contributed by atoms with Crippen LogP contribution in [-0.2, 0) is 16.0 Å². The number of rotatable bonds is 6. The van der Waals surface area contributed by atoms with Gasteiger partial charge in [0.15, 0.2) is 5.17 Å². The van der Waals surface area contributed by atoms with Crippen LogP contribution in [0.2, 0.25) is 0 Å². The van der Waals surface area contributed by atoms with E-state index in [1.807, 2.05) is 24.3 Å². The Morgan fingerprint density at radius 1 is 1.08 bits per heavy atom. The monoisotopic (exact) mass is 500 g/mol. The van der Waals surface area contributed by atoms with Gasteiger partial charge in [0, 0.05) is 24.7 Å². The Labute approximate surface area is 215 Å². The summed E-state index contributed by atoms with van der Waals surface area (Å²) in [7, 11) is 0. The summed E-state index contributed by atoms with van der Waals surface area (Å²) in [5.41, 5.74) is 2.72. The normalized spacial score (nSPS) is 17.5. The van der Waals surface area contributed by atoms with Crippen molar-refractivity contribution >= 4 is 34.9 Å². The van der Waals surface area contributed by atoms with E-state index >= 15 is 0 Å². The molecule has 3 heterocycles. The van der Waals surface area contributed by atoms with E-state index in [0.717, 1.165) is 43.1 Å². The molecule has 0 saturated carbocycles. The number of furan rings is 1. The Morgan fingerprint density at radius 3 is 2.56 bits per heavy atom. The molecule has 5 rings (SSSR count). The van der Waals surface area contributed by atoms with Gasteiger partial charge >= 0.3 is 5.97 Å². The summed E-state index contributed by atoms with van der Waals surface area (Å²) in [4.78, 5) is 31.5. The van der Waals surface area contributed by atoms with Crippen LogP contribution < -0.4 is 0 Å². The first-order valence-electron chi connectivity index (χ1n) is 12.3. The van der Waals surface area contributed by atoms with Gasteiger partial charge in [-0.25, -0.2) is 4.79 Å². The van der Waals surface area contributed by atoms with Gasteiger partial charge < -0.3 is 14.1 Å². The first-order chi connectivity index (χ1) is 17.6. The second kappa shape index (κ2) is 11.0. The number of nitrogens with zero attached hydrogens (tertiary/aromatic N) is 2. The Hall–Kier alpha value is -3.58. The Kier molecular flexibility index (Phi) is 7.37. The van der Waals surface area contributed by atoms with Gasteiger partial charge in [0.25, 0.3) is 5.91 Å². The van der Waals surface area contributed by atoms with Crippen LogP contribution in [0.25, 0.3) is 17.4 Å². The fourth-order valence-corrected chi connectivity index (χ4v) is 5.45. The molecule has 0 spiro atoms. The first kappa shape index (κ1) is 24.1. The van der Waals surface area contributed by atoms with Crippen molar-refractivity contribution in [3.05, 3.63) is 88.5 Å². The SMILES string of the molecule is CCOC(=O)c1ccc(-c2ccc(/C=C3\SC(N4CCC(Cc5ccccc5)CC4)=NC3=O)o2)cc1. The smallest absolute Gasteiger partial charge is 0.338 e. The topological polar surface area (TPSA) is 72.1 Å².